The van der Waals surface area contributed by atoms with Crippen LogP contribution in [0.1, 0.15) is 33.6 Å². The van der Waals surface area contributed by atoms with Gasteiger partial charge in [-0.1, -0.05) is 29.5 Å². The molecular formula is C18H23N5O3S. The maximum atomic E-state index is 12.3. The van der Waals surface area contributed by atoms with Crippen molar-refractivity contribution in [3.05, 3.63) is 40.3 Å². The van der Waals surface area contributed by atoms with E-state index in [0.29, 0.717) is 24.7 Å². The minimum atomic E-state index is -0.269. The fourth-order valence-electron chi connectivity index (χ4n) is 2.93. The van der Waals surface area contributed by atoms with E-state index < -0.39 is 0 Å². The normalized spacial score (nSPS) is 16.8. The molecule has 3 rings (SSSR count). The summed E-state index contributed by atoms with van der Waals surface area (Å²) in [5.74, 6) is -0.169. The van der Waals surface area contributed by atoms with Crippen LogP contribution >= 0.6 is 11.3 Å². The van der Waals surface area contributed by atoms with Crippen LogP contribution in [0.15, 0.2) is 30.3 Å². The van der Waals surface area contributed by atoms with Crippen molar-refractivity contribution in [2.75, 3.05) is 38.7 Å². The number of likely N-dealkylation sites (tertiary alicyclic amines) is 1. The summed E-state index contributed by atoms with van der Waals surface area (Å²) in [4.78, 5) is 26.4. The molecule has 0 aliphatic carbocycles. The first-order chi connectivity index (χ1) is 13.2. The predicted molar refractivity (Wildman–Crippen MR) is 103 cm³/mol. The fourth-order valence-corrected chi connectivity index (χ4v) is 3.80. The highest BCUT2D eigenvalue weighted by Gasteiger charge is 2.28. The Morgan fingerprint density at radius 3 is 2.89 bits per heavy atom. The molecule has 1 atom stereocenters. The Morgan fingerprint density at radius 1 is 1.30 bits per heavy atom. The zero-order chi connectivity index (χ0) is 19.1. The lowest BCUT2D eigenvalue weighted by atomic mass is 9.99. The highest BCUT2D eigenvalue weighted by Crippen LogP contribution is 2.29. The first-order valence-electron chi connectivity index (χ1n) is 8.89. The van der Waals surface area contributed by atoms with Crippen molar-refractivity contribution in [2.45, 2.75) is 18.8 Å². The van der Waals surface area contributed by atoms with E-state index in [1.807, 2.05) is 30.3 Å². The summed E-state index contributed by atoms with van der Waals surface area (Å²) < 4.78 is 4.95. The van der Waals surface area contributed by atoms with Gasteiger partial charge in [0.2, 0.25) is 5.01 Å². The number of rotatable bonds is 6. The van der Waals surface area contributed by atoms with E-state index in [9.17, 15) is 9.59 Å². The largest absolute Gasteiger partial charge is 0.383 e. The number of piperidine rings is 1. The van der Waals surface area contributed by atoms with Gasteiger partial charge in [-0.05, 0) is 25.0 Å². The average Bonchev–Trinajstić information content (AvgIpc) is 3.19. The third-order valence-electron chi connectivity index (χ3n) is 4.31. The average molecular weight is 389 g/mol. The summed E-state index contributed by atoms with van der Waals surface area (Å²) in [6, 6.07) is 9.15. The number of benzene rings is 1. The molecule has 1 aliphatic rings. The monoisotopic (exact) mass is 389 g/mol. The van der Waals surface area contributed by atoms with E-state index in [-0.39, 0.29) is 17.9 Å². The molecule has 1 saturated heterocycles. The zero-order valence-corrected chi connectivity index (χ0v) is 16.0. The standard InChI is InChI=1S/C18H23N5O3S/c1-26-11-9-19-18(25)23-10-5-6-13(12-23)16-21-22-17(27-16)15(24)20-14-7-3-2-4-8-14/h2-4,7-8,13H,5-6,9-12H2,1H3,(H,19,25)(H,20,24). The van der Waals surface area contributed by atoms with Gasteiger partial charge in [0, 0.05) is 38.3 Å². The van der Waals surface area contributed by atoms with Gasteiger partial charge < -0.3 is 20.3 Å². The first-order valence-corrected chi connectivity index (χ1v) is 9.70. The number of nitrogens with zero attached hydrogens (tertiary/aromatic N) is 3. The Bertz CT molecular complexity index is 767. The van der Waals surface area contributed by atoms with Crippen LogP contribution in [-0.4, -0.2) is 60.4 Å². The van der Waals surface area contributed by atoms with Gasteiger partial charge in [0.25, 0.3) is 5.91 Å². The Kier molecular flexibility index (Phi) is 6.72. The minimum absolute atomic E-state index is 0.0942. The summed E-state index contributed by atoms with van der Waals surface area (Å²) in [5, 5.41) is 15.0. The van der Waals surface area contributed by atoms with Crippen molar-refractivity contribution in [3.8, 4) is 0 Å². The van der Waals surface area contributed by atoms with Crippen LogP contribution in [0.3, 0.4) is 0 Å². The molecule has 3 amide bonds. The van der Waals surface area contributed by atoms with E-state index in [1.54, 1.807) is 12.0 Å². The van der Waals surface area contributed by atoms with Crippen molar-refractivity contribution in [1.29, 1.82) is 0 Å². The number of hydrogen-bond acceptors (Lipinski definition) is 6. The van der Waals surface area contributed by atoms with Gasteiger partial charge in [-0.15, -0.1) is 10.2 Å². The molecule has 2 aromatic rings. The molecule has 1 aromatic heterocycles. The molecular weight excluding hydrogens is 366 g/mol. The molecule has 8 nitrogen and oxygen atoms in total. The van der Waals surface area contributed by atoms with Crippen molar-refractivity contribution >= 4 is 29.0 Å². The molecule has 27 heavy (non-hydrogen) atoms. The third kappa shape index (κ3) is 5.24. The molecule has 144 valence electrons. The van der Waals surface area contributed by atoms with Crippen LogP contribution in [0.2, 0.25) is 0 Å². The van der Waals surface area contributed by atoms with E-state index in [2.05, 4.69) is 20.8 Å². The lowest BCUT2D eigenvalue weighted by Crippen LogP contribution is -2.45. The lowest BCUT2D eigenvalue weighted by molar-refractivity contribution is 0.102. The van der Waals surface area contributed by atoms with Gasteiger partial charge in [0.05, 0.1) is 6.61 Å². The number of aromatic nitrogens is 2. The summed E-state index contributed by atoms with van der Waals surface area (Å²) >= 11 is 1.29. The highest BCUT2D eigenvalue weighted by atomic mass is 32.1. The number of anilines is 1. The Labute approximate surface area is 161 Å². The molecule has 2 N–H and O–H groups in total. The second kappa shape index (κ2) is 9.43. The van der Waals surface area contributed by atoms with Crippen LogP contribution in [0.25, 0.3) is 0 Å². The number of methoxy groups -OCH3 is 1. The smallest absolute Gasteiger partial charge is 0.317 e. The fraction of sp³-hybridized carbons (Fsp3) is 0.444. The third-order valence-corrected chi connectivity index (χ3v) is 5.39. The number of carbonyl (C=O) groups is 2. The lowest BCUT2D eigenvalue weighted by Gasteiger charge is -2.31. The predicted octanol–water partition coefficient (Wildman–Crippen LogP) is 2.33. The van der Waals surface area contributed by atoms with Gasteiger partial charge in [-0.3, -0.25) is 4.79 Å². The van der Waals surface area contributed by atoms with Gasteiger partial charge in [0.15, 0.2) is 0 Å². The van der Waals surface area contributed by atoms with Crippen LogP contribution in [0.5, 0.6) is 0 Å². The number of amides is 3. The zero-order valence-electron chi connectivity index (χ0n) is 15.2. The van der Waals surface area contributed by atoms with Gasteiger partial charge in [-0.2, -0.15) is 0 Å². The molecule has 0 bridgehead atoms. The molecule has 0 saturated carbocycles. The van der Waals surface area contributed by atoms with Crippen molar-refractivity contribution < 1.29 is 14.3 Å². The molecule has 0 spiro atoms. The highest BCUT2D eigenvalue weighted by molar-refractivity contribution is 7.13. The van der Waals surface area contributed by atoms with Crippen LogP contribution < -0.4 is 10.6 Å². The molecule has 1 aliphatic heterocycles. The van der Waals surface area contributed by atoms with E-state index in [4.69, 9.17) is 4.74 Å². The Balaban J connectivity index is 1.58. The second-order valence-corrected chi connectivity index (χ2v) is 7.28. The number of hydrogen-bond donors (Lipinski definition) is 2. The molecule has 1 aromatic carbocycles. The molecule has 2 heterocycles. The molecule has 9 heteroatoms. The van der Waals surface area contributed by atoms with Crippen LogP contribution in [-0.2, 0) is 4.74 Å². The number of ether oxygens (including phenoxy) is 1. The Morgan fingerprint density at radius 2 is 2.11 bits per heavy atom. The van der Waals surface area contributed by atoms with E-state index in [1.165, 1.54) is 11.3 Å². The number of urea groups is 1. The summed E-state index contributed by atoms with van der Waals surface area (Å²) in [6.07, 6.45) is 1.82. The molecule has 1 fully saturated rings. The summed E-state index contributed by atoms with van der Waals surface area (Å²) in [7, 11) is 1.60. The maximum absolute atomic E-state index is 12.3. The molecule has 0 radical (unpaired) electrons. The minimum Gasteiger partial charge on any atom is -0.383 e. The number of nitrogens with one attached hydrogen (secondary N) is 2. The van der Waals surface area contributed by atoms with Gasteiger partial charge in [0.1, 0.15) is 5.01 Å². The topological polar surface area (TPSA) is 96.4 Å². The number of para-hydroxylation sites is 1. The molecule has 1 unspecified atom stereocenters. The van der Waals surface area contributed by atoms with E-state index >= 15 is 0 Å². The Hall–Kier alpha value is -2.52. The van der Waals surface area contributed by atoms with E-state index in [0.717, 1.165) is 30.1 Å². The number of carbonyl (C=O) groups excluding carboxylic acids is 2. The summed E-state index contributed by atoms with van der Waals surface area (Å²) in [6.45, 7) is 2.27. The quantitative estimate of drug-likeness (QED) is 0.739. The first kappa shape index (κ1) is 19.2. The van der Waals surface area contributed by atoms with Crippen molar-refractivity contribution in [1.82, 2.24) is 20.4 Å². The van der Waals surface area contributed by atoms with Gasteiger partial charge >= 0.3 is 6.03 Å². The SMILES string of the molecule is COCCNC(=O)N1CCCC(c2nnc(C(=O)Nc3ccccc3)s2)C1. The maximum Gasteiger partial charge on any atom is 0.317 e. The van der Waals surface area contributed by atoms with Crippen LogP contribution in [0.4, 0.5) is 10.5 Å². The second-order valence-electron chi connectivity index (χ2n) is 6.28. The van der Waals surface area contributed by atoms with Crippen molar-refractivity contribution in [2.24, 2.45) is 0 Å². The van der Waals surface area contributed by atoms with Crippen LogP contribution in [0, 0.1) is 0 Å². The van der Waals surface area contributed by atoms with Crippen molar-refractivity contribution in [3.63, 3.8) is 0 Å². The summed E-state index contributed by atoms with van der Waals surface area (Å²) in [5.41, 5.74) is 0.718. The van der Waals surface area contributed by atoms with Gasteiger partial charge in [-0.25, -0.2) is 4.79 Å².